The molecule has 0 saturated carbocycles. The lowest BCUT2D eigenvalue weighted by molar-refractivity contribution is -0.105. The maximum Gasteiger partial charge on any atom is 0.211 e. The lowest BCUT2D eigenvalue weighted by atomic mass is 10.2. The van der Waals surface area contributed by atoms with Crippen LogP contribution in [-0.2, 0) is 4.79 Å². The van der Waals surface area contributed by atoms with Crippen LogP contribution in [0.25, 0.3) is 0 Å². The van der Waals surface area contributed by atoms with E-state index in [0.717, 1.165) is 5.69 Å². The van der Waals surface area contributed by atoms with Crippen LogP contribution in [0.4, 0.5) is 11.4 Å². The quantitative estimate of drug-likeness (QED) is 0.572. The standard InChI is InChI=1S/C11H16N2O3/c14-7-5-13(6-8-15)11-3-1-10(2-4-11)12-9-16/h1-4,9,14-15H,5-8H2,(H,12,16). The molecule has 1 rings (SSSR count). The Hall–Kier alpha value is -1.59. The molecule has 0 saturated heterocycles. The summed E-state index contributed by atoms with van der Waals surface area (Å²) < 4.78 is 0. The lowest BCUT2D eigenvalue weighted by Gasteiger charge is -2.22. The van der Waals surface area contributed by atoms with E-state index >= 15 is 0 Å². The summed E-state index contributed by atoms with van der Waals surface area (Å²) >= 11 is 0. The van der Waals surface area contributed by atoms with Crippen molar-refractivity contribution in [3.05, 3.63) is 24.3 Å². The molecule has 5 nitrogen and oxygen atoms in total. The predicted molar refractivity (Wildman–Crippen MR) is 62.5 cm³/mol. The summed E-state index contributed by atoms with van der Waals surface area (Å²) in [4.78, 5) is 12.1. The third-order valence-electron chi connectivity index (χ3n) is 2.20. The van der Waals surface area contributed by atoms with Crippen molar-refractivity contribution in [3.63, 3.8) is 0 Å². The Morgan fingerprint density at radius 2 is 1.69 bits per heavy atom. The van der Waals surface area contributed by atoms with Crippen molar-refractivity contribution in [3.8, 4) is 0 Å². The first-order valence-electron chi connectivity index (χ1n) is 5.08. The van der Waals surface area contributed by atoms with Gasteiger partial charge in [0.05, 0.1) is 13.2 Å². The van der Waals surface area contributed by atoms with Gasteiger partial charge in [-0.2, -0.15) is 0 Å². The van der Waals surface area contributed by atoms with E-state index in [4.69, 9.17) is 10.2 Å². The lowest BCUT2D eigenvalue weighted by Crippen LogP contribution is -2.29. The summed E-state index contributed by atoms with van der Waals surface area (Å²) in [5, 5.41) is 20.3. The van der Waals surface area contributed by atoms with Gasteiger partial charge in [0.2, 0.25) is 6.41 Å². The molecule has 0 heterocycles. The minimum absolute atomic E-state index is 0.0361. The van der Waals surface area contributed by atoms with Crippen LogP contribution in [0.15, 0.2) is 24.3 Å². The highest BCUT2D eigenvalue weighted by molar-refractivity contribution is 5.72. The third kappa shape index (κ3) is 3.52. The van der Waals surface area contributed by atoms with Crippen molar-refractivity contribution >= 4 is 17.8 Å². The Morgan fingerprint density at radius 3 is 2.12 bits per heavy atom. The molecule has 0 aromatic heterocycles. The number of hydrogen-bond acceptors (Lipinski definition) is 4. The minimum atomic E-state index is 0.0361. The van der Waals surface area contributed by atoms with Gasteiger partial charge in [-0.1, -0.05) is 0 Å². The summed E-state index contributed by atoms with van der Waals surface area (Å²) in [6.45, 7) is 1.02. The number of nitrogens with one attached hydrogen (secondary N) is 1. The van der Waals surface area contributed by atoms with Gasteiger partial charge in [0.1, 0.15) is 0 Å². The van der Waals surface area contributed by atoms with E-state index in [1.165, 1.54) is 0 Å². The second-order valence-electron chi connectivity index (χ2n) is 3.24. The van der Waals surface area contributed by atoms with Gasteiger partial charge >= 0.3 is 0 Å². The van der Waals surface area contributed by atoms with Gasteiger partial charge in [0.15, 0.2) is 0 Å². The number of benzene rings is 1. The number of carbonyl (C=O) groups is 1. The first-order valence-corrected chi connectivity index (χ1v) is 5.08. The Kier molecular flexibility index (Phi) is 5.31. The van der Waals surface area contributed by atoms with Crippen molar-refractivity contribution in [1.82, 2.24) is 0 Å². The molecule has 0 aliphatic rings. The van der Waals surface area contributed by atoms with Crippen molar-refractivity contribution in [1.29, 1.82) is 0 Å². The normalized spacial score (nSPS) is 9.88. The summed E-state index contributed by atoms with van der Waals surface area (Å²) in [7, 11) is 0. The van der Waals surface area contributed by atoms with Crippen LogP contribution in [0, 0.1) is 0 Å². The van der Waals surface area contributed by atoms with Crippen molar-refractivity contribution in [2.24, 2.45) is 0 Å². The number of rotatable bonds is 7. The summed E-state index contributed by atoms with van der Waals surface area (Å²) in [6.07, 6.45) is 0.619. The van der Waals surface area contributed by atoms with Crippen molar-refractivity contribution in [2.75, 3.05) is 36.5 Å². The zero-order valence-electron chi connectivity index (χ0n) is 8.97. The second kappa shape index (κ2) is 6.81. The Balaban J connectivity index is 2.72. The van der Waals surface area contributed by atoms with Crippen molar-refractivity contribution in [2.45, 2.75) is 0 Å². The first-order chi connectivity index (χ1) is 7.81. The number of hydrogen-bond donors (Lipinski definition) is 3. The molecule has 0 spiro atoms. The molecule has 0 radical (unpaired) electrons. The molecule has 1 amide bonds. The van der Waals surface area contributed by atoms with Crippen LogP contribution in [0.3, 0.4) is 0 Å². The molecule has 16 heavy (non-hydrogen) atoms. The second-order valence-corrected chi connectivity index (χ2v) is 3.24. The molecule has 0 unspecified atom stereocenters. The average Bonchev–Trinajstić information content (AvgIpc) is 2.30. The molecule has 0 atom stereocenters. The average molecular weight is 224 g/mol. The van der Waals surface area contributed by atoms with E-state index in [2.05, 4.69) is 5.32 Å². The molecule has 0 aliphatic carbocycles. The van der Waals surface area contributed by atoms with Crippen LogP contribution >= 0.6 is 0 Å². The monoisotopic (exact) mass is 224 g/mol. The number of anilines is 2. The molecular weight excluding hydrogens is 208 g/mol. The SMILES string of the molecule is O=CNc1ccc(N(CCO)CCO)cc1. The highest BCUT2D eigenvalue weighted by Crippen LogP contribution is 2.17. The highest BCUT2D eigenvalue weighted by atomic mass is 16.3. The number of nitrogens with zero attached hydrogens (tertiary/aromatic N) is 1. The molecule has 88 valence electrons. The van der Waals surface area contributed by atoms with E-state index < -0.39 is 0 Å². The van der Waals surface area contributed by atoms with E-state index in [-0.39, 0.29) is 13.2 Å². The number of amides is 1. The van der Waals surface area contributed by atoms with Crippen LogP contribution in [0.2, 0.25) is 0 Å². The van der Waals surface area contributed by atoms with E-state index in [1.807, 2.05) is 17.0 Å². The molecule has 5 heteroatoms. The van der Waals surface area contributed by atoms with Gasteiger partial charge in [0, 0.05) is 24.5 Å². The molecule has 1 aromatic rings. The first kappa shape index (κ1) is 12.5. The van der Waals surface area contributed by atoms with Crippen LogP contribution < -0.4 is 10.2 Å². The van der Waals surface area contributed by atoms with Crippen LogP contribution in [0.5, 0.6) is 0 Å². The summed E-state index contributed by atoms with van der Waals surface area (Å²) in [5.41, 5.74) is 1.62. The van der Waals surface area contributed by atoms with Gasteiger partial charge in [-0.3, -0.25) is 4.79 Å². The smallest absolute Gasteiger partial charge is 0.211 e. The molecule has 3 N–H and O–H groups in total. The molecule has 0 bridgehead atoms. The van der Waals surface area contributed by atoms with Gasteiger partial charge < -0.3 is 20.4 Å². The number of aliphatic hydroxyl groups excluding tert-OH is 2. The molecule has 0 fully saturated rings. The Bertz CT molecular complexity index is 308. The maximum atomic E-state index is 10.2. The molecule has 0 aliphatic heterocycles. The van der Waals surface area contributed by atoms with E-state index in [1.54, 1.807) is 12.1 Å². The van der Waals surface area contributed by atoms with E-state index in [0.29, 0.717) is 25.2 Å². The number of carbonyl (C=O) groups excluding carboxylic acids is 1. The van der Waals surface area contributed by atoms with Gasteiger partial charge in [-0.05, 0) is 24.3 Å². The predicted octanol–water partition coefficient (Wildman–Crippen LogP) is 0.0459. The minimum Gasteiger partial charge on any atom is -0.395 e. The largest absolute Gasteiger partial charge is 0.395 e. The van der Waals surface area contributed by atoms with E-state index in [9.17, 15) is 4.79 Å². The maximum absolute atomic E-state index is 10.2. The summed E-state index contributed by atoms with van der Waals surface area (Å²) in [6, 6.07) is 7.20. The third-order valence-corrected chi connectivity index (χ3v) is 2.20. The Labute approximate surface area is 94.3 Å². The van der Waals surface area contributed by atoms with Crippen molar-refractivity contribution < 1.29 is 15.0 Å². The highest BCUT2D eigenvalue weighted by Gasteiger charge is 2.04. The molecular formula is C11H16N2O3. The van der Waals surface area contributed by atoms with Gasteiger partial charge in [-0.15, -0.1) is 0 Å². The van der Waals surface area contributed by atoms with Gasteiger partial charge in [0.25, 0.3) is 0 Å². The molecule has 1 aromatic carbocycles. The number of aliphatic hydroxyl groups is 2. The zero-order chi connectivity index (χ0) is 11.8. The fraction of sp³-hybridized carbons (Fsp3) is 0.364. The fourth-order valence-corrected chi connectivity index (χ4v) is 1.45. The Morgan fingerprint density at radius 1 is 1.12 bits per heavy atom. The van der Waals surface area contributed by atoms with Crippen LogP contribution in [0.1, 0.15) is 0 Å². The topological polar surface area (TPSA) is 72.8 Å². The fourth-order valence-electron chi connectivity index (χ4n) is 1.45. The van der Waals surface area contributed by atoms with Gasteiger partial charge in [-0.25, -0.2) is 0 Å². The summed E-state index contributed by atoms with van der Waals surface area (Å²) in [5.74, 6) is 0. The van der Waals surface area contributed by atoms with Crippen LogP contribution in [-0.4, -0.2) is 42.9 Å². The zero-order valence-corrected chi connectivity index (χ0v) is 8.97.